The van der Waals surface area contributed by atoms with E-state index in [2.05, 4.69) is 187 Å². The van der Waals surface area contributed by atoms with Gasteiger partial charge in [-0.1, -0.05) is 127 Å². The van der Waals surface area contributed by atoms with Crippen molar-refractivity contribution in [3.05, 3.63) is 200 Å². The van der Waals surface area contributed by atoms with E-state index in [1.165, 1.54) is 31.3 Å². The minimum atomic E-state index is 0.865. The average Bonchev–Trinajstić information content (AvgIpc) is 3.98. The monoisotopic (exact) mass is 759 g/mol. The molecule has 12 aromatic rings. The summed E-state index contributed by atoms with van der Waals surface area (Å²) in [5, 5.41) is 7.03. The molecule has 0 radical (unpaired) electrons. The Labute approximate surface area is 338 Å². The highest BCUT2D eigenvalue weighted by Crippen LogP contribution is 2.45. The maximum atomic E-state index is 6.49. The zero-order chi connectivity index (χ0) is 38.2. The quantitative estimate of drug-likeness (QED) is 0.169. The molecule has 3 heterocycles. The molecular formula is C54H33NO2S. The molecule has 3 nitrogen and oxygen atoms in total. The molecule has 58 heavy (non-hydrogen) atoms. The Morgan fingerprint density at radius 2 is 0.931 bits per heavy atom. The molecule has 0 unspecified atom stereocenters. The number of benzene rings is 9. The number of furan rings is 2. The van der Waals surface area contributed by atoms with Crippen LogP contribution in [-0.4, -0.2) is 0 Å². The molecule has 0 spiro atoms. The first-order valence-corrected chi connectivity index (χ1v) is 20.4. The molecule has 0 saturated heterocycles. The van der Waals surface area contributed by atoms with E-state index in [9.17, 15) is 0 Å². The third-order valence-corrected chi connectivity index (χ3v) is 12.6. The van der Waals surface area contributed by atoms with Gasteiger partial charge in [-0.3, -0.25) is 0 Å². The van der Waals surface area contributed by atoms with E-state index in [-0.39, 0.29) is 0 Å². The first-order chi connectivity index (χ1) is 28.7. The summed E-state index contributed by atoms with van der Waals surface area (Å²) in [6, 6.07) is 71.4. The number of nitrogens with zero attached hydrogens (tertiary/aromatic N) is 1. The molecule has 0 atom stereocenters. The minimum absolute atomic E-state index is 0.865. The van der Waals surface area contributed by atoms with Gasteiger partial charge in [0.15, 0.2) is 0 Å². The van der Waals surface area contributed by atoms with Gasteiger partial charge in [0.2, 0.25) is 0 Å². The molecule has 3 aromatic heterocycles. The van der Waals surface area contributed by atoms with Gasteiger partial charge in [-0.2, -0.15) is 0 Å². The van der Waals surface area contributed by atoms with Crippen molar-refractivity contribution >= 4 is 92.4 Å². The van der Waals surface area contributed by atoms with Crippen molar-refractivity contribution in [3.8, 4) is 33.4 Å². The number of thiophene rings is 1. The van der Waals surface area contributed by atoms with Crippen LogP contribution in [0.4, 0.5) is 17.1 Å². The van der Waals surface area contributed by atoms with Crippen molar-refractivity contribution in [2.45, 2.75) is 0 Å². The largest absolute Gasteiger partial charge is 0.456 e. The van der Waals surface area contributed by atoms with Gasteiger partial charge in [-0.05, 0) is 101 Å². The van der Waals surface area contributed by atoms with Crippen LogP contribution in [0.2, 0.25) is 0 Å². The maximum absolute atomic E-state index is 6.49. The van der Waals surface area contributed by atoms with E-state index >= 15 is 0 Å². The molecule has 9 aromatic carbocycles. The fourth-order valence-corrected chi connectivity index (χ4v) is 9.79. The van der Waals surface area contributed by atoms with Crippen LogP contribution >= 0.6 is 11.3 Å². The normalized spacial score (nSPS) is 11.8. The summed E-state index contributed by atoms with van der Waals surface area (Å²) in [5.74, 6) is 0. The second-order valence-electron chi connectivity index (χ2n) is 14.8. The molecule has 0 N–H and O–H groups in total. The molecule has 12 rings (SSSR count). The maximum Gasteiger partial charge on any atom is 0.143 e. The first kappa shape index (κ1) is 32.8. The van der Waals surface area contributed by atoms with Crippen molar-refractivity contribution in [3.63, 3.8) is 0 Å². The smallest absolute Gasteiger partial charge is 0.143 e. The third-order valence-electron chi connectivity index (χ3n) is 11.5. The van der Waals surface area contributed by atoms with Crippen LogP contribution in [0.1, 0.15) is 0 Å². The summed E-state index contributed by atoms with van der Waals surface area (Å²) in [5.41, 5.74) is 13.7. The van der Waals surface area contributed by atoms with Gasteiger partial charge in [-0.15, -0.1) is 11.3 Å². The van der Waals surface area contributed by atoms with Crippen molar-refractivity contribution < 1.29 is 8.83 Å². The van der Waals surface area contributed by atoms with Gasteiger partial charge in [0.25, 0.3) is 0 Å². The van der Waals surface area contributed by atoms with Gasteiger partial charge < -0.3 is 13.7 Å². The average molecular weight is 760 g/mol. The lowest BCUT2D eigenvalue weighted by atomic mass is 9.99. The Kier molecular flexibility index (Phi) is 7.40. The number of hydrogen-bond donors (Lipinski definition) is 0. The predicted molar refractivity (Wildman–Crippen MR) is 245 cm³/mol. The number of rotatable bonds is 6. The molecule has 4 heteroatoms. The van der Waals surface area contributed by atoms with E-state index < -0.39 is 0 Å². The topological polar surface area (TPSA) is 29.5 Å². The molecule has 0 fully saturated rings. The molecule has 0 amide bonds. The summed E-state index contributed by atoms with van der Waals surface area (Å²) in [4.78, 5) is 2.35. The number of para-hydroxylation sites is 2. The lowest BCUT2D eigenvalue weighted by Gasteiger charge is -2.26. The van der Waals surface area contributed by atoms with E-state index in [0.29, 0.717) is 0 Å². The molecule has 0 aliphatic carbocycles. The minimum Gasteiger partial charge on any atom is -0.456 e. The lowest BCUT2D eigenvalue weighted by Crippen LogP contribution is -2.10. The van der Waals surface area contributed by atoms with Crippen molar-refractivity contribution in [1.82, 2.24) is 0 Å². The van der Waals surface area contributed by atoms with Crippen LogP contribution in [0, 0.1) is 0 Å². The van der Waals surface area contributed by atoms with Crippen LogP contribution < -0.4 is 4.90 Å². The summed E-state index contributed by atoms with van der Waals surface area (Å²) in [6.45, 7) is 0. The molecule has 272 valence electrons. The Morgan fingerprint density at radius 3 is 1.72 bits per heavy atom. The lowest BCUT2D eigenvalue weighted by molar-refractivity contribution is 0.669. The molecule has 0 aliphatic rings. The second-order valence-corrected chi connectivity index (χ2v) is 15.9. The summed E-state index contributed by atoms with van der Waals surface area (Å²) in [7, 11) is 0. The molecule has 0 aliphatic heterocycles. The first-order valence-electron chi connectivity index (χ1n) is 19.6. The Hall–Kier alpha value is -7.40. The van der Waals surface area contributed by atoms with Gasteiger partial charge >= 0.3 is 0 Å². The van der Waals surface area contributed by atoms with Crippen LogP contribution in [0.3, 0.4) is 0 Å². The Bertz CT molecular complexity index is 3500. The highest BCUT2D eigenvalue weighted by molar-refractivity contribution is 7.25. The van der Waals surface area contributed by atoms with Crippen molar-refractivity contribution in [2.24, 2.45) is 0 Å². The number of fused-ring (bicyclic) bond motifs is 9. The Morgan fingerprint density at radius 1 is 0.345 bits per heavy atom. The SMILES string of the molecule is c1ccc(-c2cccc3c2oc2ccc(-c4ccc(N(c5ccc(-c6ccc7sc8ccccc8c7c6)cc5)c5cccc6oc7ccccc7c56)cc4)cc23)cc1. The number of hydrogen-bond acceptors (Lipinski definition) is 4. The molecular weight excluding hydrogens is 727 g/mol. The zero-order valence-corrected chi connectivity index (χ0v) is 32.0. The van der Waals surface area contributed by atoms with E-state index in [1.807, 2.05) is 29.5 Å². The van der Waals surface area contributed by atoms with E-state index in [0.717, 1.165) is 83.2 Å². The van der Waals surface area contributed by atoms with Gasteiger partial charge in [0, 0.05) is 53.3 Å². The predicted octanol–water partition coefficient (Wildman–Crippen LogP) is 16.3. The third kappa shape index (κ3) is 5.27. The van der Waals surface area contributed by atoms with Crippen LogP contribution in [0.25, 0.3) is 97.4 Å². The fourth-order valence-electron chi connectivity index (χ4n) is 8.70. The van der Waals surface area contributed by atoms with Crippen LogP contribution in [-0.2, 0) is 0 Å². The van der Waals surface area contributed by atoms with Gasteiger partial charge in [0.1, 0.15) is 22.3 Å². The van der Waals surface area contributed by atoms with Crippen LogP contribution in [0.15, 0.2) is 209 Å². The standard InChI is InChI=1S/C54H33NO2S/c1-2-10-36(11-3-1)41-14-8-15-43-45-32-37(24-30-49(45)57-54(41)43)34-20-26-39(27-21-34)55(47-16-9-18-50-53(47)44-13-4-6-17-48(44)56-50)40-28-22-35(23-29-40)38-25-31-52-46(33-38)42-12-5-7-19-51(42)58-52/h1-33H. The fraction of sp³-hybridized carbons (Fsp3) is 0. The zero-order valence-electron chi connectivity index (χ0n) is 31.2. The second kappa shape index (κ2) is 13.1. The highest BCUT2D eigenvalue weighted by Gasteiger charge is 2.20. The van der Waals surface area contributed by atoms with Crippen molar-refractivity contribution in [2.75, 3.05) is 4.90 Å². The summed E-state index contributed by atoms with van der Waals surface area (Å²) >= 11 is 1.85. The summed E-state index contributed by atoms with van der Waals surface area (Å²) < 4.78 is 15.5. The Balaban J connectivity index is 0.958. The molecule has 0 saturated carbocycles. The van der Waals surface area contributed by atoms with Gasteiger partial charge in [-0.25, -0.2) is 0 Å². The molecule has 0 bridgehead atoms. The number of anilines is 3. The van der Waals surface area contributed by atoms with E-state index in [4.69, 9.17) is 8.83 Å². The van der Waals surface area contributed by atoms with Gasteiger partial charge in [0.05, 0.1) is 11.1 Å². The van der Waals surface area contributed by atoms with Crippen molar-refractivity contribution in [1.29, 1.82) is 0 Å². The van der Waals surface area contributed by atoms with E-state index in [1.54, 1.807) is 0 Å². The summed E-state index contributed by atoms with van der Waals surface area (Å²) in [6.07, 6.45) is 0. The highest BCUT2D eigenvalue weighted by atomic mass is 32.1. The van der Waals surface area contributed by atoms with Crippen LogP contribution in [0.5, 0.6) is 0 Å².